The maximum atomic E-state index is 12.9. The number of benzene rings is 1. The van der Waals surface area contributed by atoms with Gasteiger partial charge in [0, 0.05) is 40.7 Å². The van der Waals surface area contributed by atoms with Crippen LogP contribution in [-0.2, 0) is 16.7 Å². The van der Waals surface area contributed by atoms with Gasteiger partial charge in [-0.1, -0.05) is 0 Å². The first-order valence-corrected chi connectivity index (χ1v) is 11.2. The van der Waals surface area contributed by atoms with Gasteiger partial charge < -0.3 is 18.8 Å². The number of hydrogen-bond donors (Lipinski definition) is 0. The van der Waals surface area contributed by atoms with E-state index in [9.17, 15) is 9.59 Å². The second-order valence-electron chi connectivity index (χ2n) is 8.55. The van der Waals surface area contributed by atoms with E-state index in [-0.39, 0.29) is 23.1 Å². The van der Waals surface area contributed by atoms with Gasteiger partial charge in [0.2, 0.25) is 5.88 Å². The number of pyridine rings is 2. The number of nitrogens with zero attached hydrogens (tertiary/aromatic N) is 2. The van der Waals surface area contributed by atoms with Crippen LogP contribution in [0, 0.1) is 0 Å². The average Bonchev–Trinajstić information content (AvgIpc) is 2.81. The van der Waals surface area contributed by atoms with E-state index < -0.39 is 5.97 Å². The molecular weight excluding hydrogens is 420 g/mol. The van der Waals surface area contributed by atoms with E-state index >= 15 is 0 Å². The zero-order valence-corrected chi connectivity index (χ0v) is 19.0. The van der Waals surface area contributed by atoms with Gasteiger partial charge in [0.15, 0.2) is 5.43 Å². The predicted octanol–water partition coefficient (Wildman–Crippen LogP) is 4.21. The number of rotatable bonds is 5. The first kappa shape index (κ1) is 21.2. The number of esters is 1. The fourth-order valence-corrected chi connectivity index (χ4v) is 5.09. The Kier molecular flexibility index (Phi) is 5.19. The molecule has 0 saturated heterocycles. The Morgan fingerprint density at radius 3 is 2.61 bits per heavy atom. The number of carbonyl (C=O) groups is 1. The van der Waals surface area contributed by atoms with Gasteiger partial charge in [0.05, 0.1) is 26.5 Å². The van der Waals surface area contributed by atoms with E-state index in [1.54, 1.807) is 39.6 Å². The number of fused-ring (bicyclic) bond motifs is 4. The van der Waals surface area contributed by atoms with E-state index in [2.05, 4.69) is 15.6 Å². The summed E-state index contributed by atoms with van der Waals surface area (Å²) in [5.74, 6) is 0.619. The molecule has 7 nitrogen and oxygen atoms in total. The van der Waals surface area contributed by atoms with E-state index in [1.165, 1.54) is 0 Å². The molecule has 0 amide bonds. The van der Waals surface area contributed by atoms with Crippen molar-refractivity contribution in [2.45, 2.75) is 38.1 Å². The fraction of sp³-hybridized carbons (Fsp3) is 0.346. The van der Waals surface area contributed by atoms with Crippen LogP contribution >= 0.6 is 0 Å². The highest BCUT2D eigenvalue weighted by molar-refractivity contribution is 5.90. The first-order valence-electron chi connectivity index (χ1n) is 11.2. The van der Waals surface area contributed by atoms with E-state index in [0.717, 1.165) is 53.6 Å². The van der Waals surface area contributed by atoms with Crippen molar-refractivity contribution in [2.24, 2.45) is 0 Å². The van der Waals surface area contributed by atoms with Crippen LogP contribution in [0.15, 0.2) is 47.5 Å². The molecule has 5 rings (SSSR count). The fourth-order valence-electron chi connectivity index (χ4n) is 5.09. The lowest BCUT2D eigenvalue weighted by Gasteiger charge is -2.49. The van der Waals surface area contributed by atoms with Gasteiger partial charge in [-0.2, -0.15) is 0 Å². The predicted molar refractivity (Wildman–Crippen MR) is 124 cm³/mol. The molecular formula is C26H26N2O5. The van der Waals surface area contributed by atoms with Gasteiger partial charge in [0.25, 0.3) is 0 Å². The molecule has 1 fully saturated rings. The molecule has 3 aromatic rings. The molecule has 3 heterocycles. The molecule has 7 heteroatoms. The van der Waals surface area contributed by atoms with Crippen molar-refractivity contribution in [3.63, 3.8) is 0 Å². The molecule has 2 aromatic heterocycles. The normalized spacial score (nSPS) is 15.2. The highest BCUT2D eigenvalue weighted by Crippen LogP contribution is 2.51. The number of methoxy groups -OCH3 is 2. The first-order chi connectivity index (χ1) is 16.0. The van der Waals surface area contributed by atoms with Gasteiger partial charge in [-0.15, -0.1) is 0 Å². The van der Waals surface area contributed by atoms with Crippen LogP contribution in [0.1, 0.15) is 42.1 Å². The summed E-state index contributed by atoms with van der Waals surface area (Å²) in [6, 6.07) is 9.49. The van der Waals surface area contributed by atoms with Crippen molar-refractivity contribution in [1.82, 2.24) is 9.55 Å². The van der Waals surface area contributed by atoms with Gasteiger partial charge >= 0.3 is 5.97 Å². The maximum Gasteiger partial charge on any atom is 0.343 e. The third kappa shape index (κ3) is 3.30. The lowest BCUT2D eigenvalue weighted by molar-refractivity contribution is 0.0521. The zero-order valence-electron chi connectivity index (χ0n) is 19.0. The summed E-state index contributed by atoms with van der Waals surface area (Å²) in [6.45, 7) is 1.96. The van der Waals surface area contributed by atoms with E-state index in [0.29, 0.717) is 11.6 Å². The molecule has 1 saturated carbocycles. The molecule has 0 radical (unpaired) electrons. The van der Waals surface area contributed by atoms with E-state index in [4.69, 9.17) is 14.2 Å². The summed E-state index contributed by atoms with van der Waals surface area (Å²) in [4.78, 5) is 29.6. The smallest absolute Gasteiger partial charge is 0.343 e. The van der Waals surface area contributed by atoms with Gasteiger partial charge in [0.1, 0.15) is 11.3 Å². The largest absolute Gasteiger partial charge is 0.496 e. The molecule has 0 unspecified atom stereocenters. The Morgan fingerprint density at radius 1 is 1.12 bits per heavy atom. The Balaban J connectivity index is 1.73. The second-order valence-corrected chi connectivity index (χ2v) is 8.55. The van der Waals surface area contributed by atoms with Crippen LogP contribution in [0.25, 0.3) is 22.4 Å². The minimum atomic E-state index is -0.574. The number of aromatic nitrogens is 2. The highest BCUT2D eigenvalue weighted by atomic mass is 16.5. The van der Waals surface area contributed by atoms with Crippen molar-refractivity contribution in [2.75, 3.05) is 20.8 Å². The molecule has 170 valence electrons. The van der Waals surface area contributed by atoms with Crippen LogP contribution in [0.4, 0.5) is 0 Å². The summed E-state index contributed by atoms with van der Waals surface area (Å²) in [5, 5.41) is 0. The molecule has 1 spiro atoms. The summed E-state index contributed by atoms with van der Waals surface area (Å²) < 4.78 is 18.5. The highest BCUT2D eigenvalue weighted by Gasteiger charge is 2.43. The zero-order chi connectivity index (χ0) is 23.2. The molecule has 33 heavy (non-hydrogen) atoms. The van der Waals surface area contributed by atoms with Crippen LogP contribution < -0.4 is 14.9 Å². The second kappa shape index (κ2) is 8.06. The summed E-state index contributed by atoms with van der Waals surface area (Å²) in [6.07, 6.45) is 7.28. The standard InChI is InChI=1S/C26H26N2O5/c1-4-33-25(30)20-15-28-21(13-22(20)29)18-12-23(31-2)19(17-7-5-10-27-24(17)32-3)11-16(18)14-26(28)8-6-9-26/h5,7,10-13,15H,4,6,8-9,14H2,1-3H3. The monoisotopic (exact) mass is 446 g/mol. The average molecular weight is 447 g/mol. The van der Waals surface area contributed by atoms with Crippen LogP contribution in [0.5, 0.6) is 11.6 Å². The number of hydrogen-bond acceptors (Lipinski definition) is 6. The lowest BCUT2D eigenvalue weighted by Crippen LogP contribution is -2.46. The van der Waals surface area contributed by atoms with Gasteiger partial charge in [-0.3, -0.25) is 4.79 Å². The van der Waals surface area contributed by atoms with Crippen LogP contribution in [0.3, 0.4) is 0 Å². The van der Waals surface area contributed by atoms with Gasteiger partial charge in [-0.05, 0) is 62.4 Å². The van der Waals surface area contributed by atoms with Crippen molar-refractivity contribution < 1.29 is 19.0 Å². The molecule has 1 aromatic carbocycles. The Labute approximate surface area is 191 Å². The summed E-state index contributed by atoms with van der Waals surface area (Å²) in [7, 11) is 3.23. The molecule has 0 atom stereocenters. The topological polar surface area (TPSA) is 79.7 Å². The van der Waals surface area contributed by atoms with Crippen LogP contribution in [-0.4, -0.2) is 36.3 Å². The summed E-state index contributed by atoms with van der Waals surface area (Å²) in [5.41, 5.74) is 4.22. The minimum absolute atomic E-state index is 0.0824. The quantitative estimate of drug-likeness (QED) is 0.547. The SMILES string of the molecule is CCOC(=O)c1cn2c(cc1=O)-c1cc(OC)c(-c3cccnc3OC)cc1CC21CCC1. The number of carbonyl (C=O) groups excluding carboxylic acids is 1. The molecule has 1 aliphatic carbocycles. The third-order valence-electron chi connectivity index (χ3n) is 6.82. The van der Waals surface area contributed by atoms with Crippen LogP contribution in [0.2, 0.25) is 0 Å². The van der Waals surface area contributed by atoms with Crippen molar-refractivity contribution in [1.29, 1.82) is 0 Å². The molecule has 2 aliphatic rings. The maximum absolute atomic E-state index is 12.9. The molecule has 0 N–H and O–H groups in total. The van der Waals surface area contributed by atoms with E-state index in [1.807, 2.05) is 18.2 Å². The Morgan fingerprint density at radius 2 is 1.94 bits per heavy atom. The van der Waals surface area contributed by atoms with Gasteiger partial charge in [-0.25, -0.2) is 9.78 Å². The minimum Gasteiger partial charge on any atom is -0.496 e. The summed E-state index contributed by atoms with van der Waals surface area (Å²) >= 11 is 0. The van der Waals surface area contributed by atoms with Crippen molar-refractivity contribution in [3.8, 4) is 34.0 Å². The van der Waals surface area contributed by atoms with Crippen molar-refractivity contribution in [3.05, 3.63) is 64.1 Å². The lowest BCUT2D eigenvalue weighted by atomic mass is 9.69. The van der Waals surface area contributed by atoms with Crippen molar-refractivity contribution >= 4 is 5.97 Å². The Bertz CT molecular complexity index is 1310. The third-order valence-corrected chi connectivity index (χ3v) is 6.82. The number of ether oxygens (including phenoxy) is 3. The molecule has 0 bridgehead atoms. The molecule has 1 aliphatic heterocycles. The Hall–Kier alpha value is -3.61.